The van der Waals surface area contributed by atoms with Gasteiger partial charge in [0.2, 0.25) is 5.95 Å². The Labute approximate surface area is 301 Å². The lowest BCUT2D eigenvalue weighted by molar-refractivity contribution is -0.144. The van der Waals surface area contributed by atoms with Gasteiger partial charge in [-0.1, -0.05) is 31.1 Å². The van der Waals surface area contributed by atoms with Crippen molar-refractivity contribution in [3.63, 3.8) is 0 Å². The van der Waals surface area contributed by atoms with Crippen molar-refractivity contribution in [1.82, 2.24) is 40.0 Å². The van der Waals surface area contributed by atoms with Crippen LogP contribution in [0, 0.1) is 5.92 Å². The van der Waals surface area contributed by atoms with E-state index in [1.165, 1.54) is 7.11 Å². The van der Waals surface area contributed by atoms with Crippen molar-refractivity contribution < 1.29 is 23.5 Å². The lowest BCUT2D eigenvalue weighted by atomic mass is 9.93. The zero-order valence-corrected chi connectivity index (χ0v) is 30.0. The van der Waals surface area contributed by atoms with Crippen molar-refractivity contribution in [1.29, 1.82) is 0 Å². The number of fused-ring (bicyclic) bond motifs is 1. The Kier molecular flexibility index (Phi) is 10.4. The van der Waals surface area contributed by atoms with Crippen LogP contribution in [0.25, 0.3) is 22.3 Å². The minimum atomic E-state index is -0.473. The fourth-order valence-electron chi connectivity index (χ4n) is 7.01. The molecule has 1 aromatic carbocycles. The Morgan fingerprint density at radius 3 is 2.44 bits per heavy atom. The van der Waals surface area contributed by atoms with E-state index in [4.69, 9.17) is 34.4 Å². The Bertz CT molecular complexity index is 1970. The third-order valence-corrected chi connectivity index (χ3v) is 9.81. The summed E-state index contributed by atoms with van der Waals surface area (Å²) in [6.07, 6.45) is 5.56. The molecular weight excluding hydrogens is 666 g/mol. The molecule has 1 atom stereocenters. The highest BCUT2D eigenvalue weighted by Crippen LogP contribution is 2.34. The second-order valence-corrected chi connectivity index (χ2v) is 13.5. The van der Waals surface area contributed by atoms with E-state index in [1.807, 2.05) is 67.3 Å². The molecule has 2 fully saturated rings. The van der Waals surface area contributed by atoms with Gasteiger partial charge < -0.3 is 34.3 Å². The van der Waals surface area contributed by atoms with E-state index in [1.54, 1.807) is 7.11 Å². The van der Waals surface area contributed by atoms with Gasteiger partial charge in [0.05, 0.1) is 24.4 Å². The van der Waals surface area contributed by atoms with E-state index in [-0.39, 0.29) is 24.7 Å². The van der Waals surface area contributed by atoms with Gasteiger partial charge in [-0.3, -0.25) is 14.4 Å². The van der Waals surface area contributed by atoms with E-state index in [0.29, 0.717) is 28.5 Å². The van der Waals surface area contributed by atoms with Crippen LogP contribution in [0.1, 0.15) is 50.0 Å². The number of piperidine rings is 1. The van der Waals surface area contributed by atoms with Crippen LogP contribution in [0.5, 0.6) is 5.75 Å². The van der Waals surface area contributed by atoms with Crippen LogP contribution in [0.2, 0.25) is 0 Å². The number of hydrogen-bond donors (Lipinski definition) is 1. The Morgan fingerprint density at radius 1 is 0.981 bits per heavy atom. The molecule has 6 heterocycles. The smallest absolute Gasteiger partial charge is 0.316 e. The molecule has 274 valence electrons. The van der Waals surface area contributed by atoms with Gasteiger partial charge in [-0.05, 0) is 37.0 Å². The molecular formula is C36H45N11O5. The molecule has 0 spiro atoms. The number of carbonyl (C=O) groups is 1. The molecule has 52 heavy (non-hydrogen) atoms. The highest BCUT2D eigenvalue weighted by Gasteiger charge is 2.31. The zero-order valence-electron chi connectivity index (χ0n) is 30.0. The quantitative estimate of drug-likeness (QED) is 0.146. The molecule has 0 radical (unpaired) electrons. The summed E-state index contributed by atoms with van der Waals surface area (Å²) in [7, 11) is 2.98. The van der Waals surface area contributed by atoms with Crippen molar-refractivity contribution in [3.8, 4) is 17.0 Å². The SMILES string of the molecule is COCOc1ccccc1-c1cc2c(nn1)c(N)nn2C1CCN(c2ncc(CN3CCN(c4cc(C(C(=O)OC)C(C)C)on4)CC3)cn2)CC1. The summed E-state index contributed by atoms with van der Waals surface area (Å²) in [5.74, 6) is 2.29. The van der Waals surface area contributed by atoms with Gasteiger partial charge in [-0.25, -0.2) is 9.97 Å². The number of nitrogen functional groups attached to an aromatic ring is 1. The predicted molar refractivity (Wildman–Crippen MR) is 194 cm³/mol. The van der Waals surface area contributed by atoms with Gasteiger partial charge in [0.25, 0.3) is 0 Å². The minimum Gasteiger partial charge on any atom is -0.468 e. The van der Waals surface area contributed by atoms with Crippen LogP contribution in [-0.4, -0.2) is 106 Å². The van der Waals surface area contributed by atoms with Crippen molar-refractivity contribution in [2.24, 2.45) is 5.92 Å². The van der Waals surface area contributed by atoms with Gasteiger partial charge in [-0.15, -0.1) is 10.2 Å². The monoisotopic (exact) mass is 711 g/mol. The van der Waals surface area contributed by atoms with Crippen molar-refractivity contribution in [2.45, 2.75) is 45.2 Å². The van der Waals surface area contributed by atoms with E-state index in [0.717, 1.165) is 87.1 Å². The van der Waals surface area contributed by atoms with Crippen LogP contribution < -0.4 is 20.3 Å². The summed E-state index contributed by atoms with van der Waals surface area (Å²) >= 11 is 0. The number of esters is 1. The molecule has 2 aliphatic rings. The lowest BCUT2D eigenvalue weighted by Gasteiger charge is -2.34. The molecule has 16 heteroatoms. The highest BCUT2D eigenvalue weighted by atomic mass is 16.7. The molecule has 0 saturated carbocycles. The number of benzene rings is 1. The molecule has 0 bridgehead atoms. The molecule has 0 amide bonds. The van der Waals surface area contributed by atoms with E-state index < -0.39 is 5.92 Å². The van der Waals surface area contributed by atoms with Crippen LogP contribution in [0.15, 0.2) is 53.3 Å². The average molecular weight is 712 g/mol. The molecule has 5 aromatic rings. The number of nitrogens with zero attached hydrogens (tertiary/aromatic N) is 10. The van der Waals surface area contributed by atoms with Crippen molar-refractivity contribution in [2.75, 3.05) is 75.8 Å². The Balaban J connectivity index is 0.936. The zero-order chi connectivity index (χ0) is 36.2. The first kappa shape index (κ1) is 35.1. The second kappa shape index (κ2) is 15.5. The highest BCUT2D eigenvalue weighted by molar-refractivity contribution is 5.87. The van der Waals surface area contributed by atoms with Crippen LogP contribution in [0.3, 0.4) is 0 Å². The van der Waals surface area contributed by atoms with Gasteiger partial charge in [0.1, 0.15) is 11.7 Å². The van der Waals surface area contributed by atoms with Crippen LogP contribution in [0.4, 0.5) is 17.6 Å². The molecule has 0 aliphatic carbocycles. The summed E-state index contributed by atoms with van der Waals surface area (Å²) in [6.45, 7) is 9.71. The average Bonchev–Trinajstić information content (AvgIpc) is 3.79. The first-order valence-corrected chi connectivity index (χ1v) is 17.6. The summed E-state index contributed by atoms with van der Waals surface area (Å²) in [6, 6.07) is 11.7. The standard InChI is InChI=1S/C36H45N11O5/c1-23(2)32(35(48)50-4)30-18-31(43-52-30)45-15-13-44(14-16-45)21-24-19-38-36(39-20-24)46-11-9-25(10-12-46)47-28-17-27(40-41-33(28)34(37)42-47)26-7-5-6-8-29(26)51-22-49-3/h5-8,17-20,23,25,32H,9-16,21-22H2,1-4H3,(H2,37,42). The summed E-state index contributed by atoms with van der Waals surface area (Å²) < 4.78 is 23.4. The Hall–Kier alpha value is -5.35. The number of ether oxygens (including phenoxy) is 3. The number of nitrogens with two attached hydrogens (primary N) is 1. The van der Waals surface area contributed by atoms with E-state index in [2.05, 4.69) is 35.2 Å². The van der Waals surface area contributed by atoms with Gasteiger partial charge >= 0.3 is 5.97 Å². The number of rotatable bonds is 12. The first-order valence-electron chi connectivity index (χ1n) is 17.6. The van der Waals surface area contributed by atoms with Crippen LogP contribution >= 0.6 is 0 Å². The first-order chi connectivity index (χ1) is 25.3. The second-order valence-electron chi connectivity index (χ2n) is 13.5. The fraction of sp³-hybridized carbons (Fsp3) is 0.472. The van der Waals surface area contributed by atoms with E-state index in [9.17, 15) is 4.79 Å². The summed E-state index contributed by atoms with van der Waals surface area (Å²) in [5.41, 5.74) is 10.3. The molecule has 2 aliphatic heterocycles. The number of carbonyl (C=O) groups excluding carboxylic acids is 1. The summed E-state index contributed by atoms with van der Waals surface area (Å²) in [4.78, 5) is 28.6. The Morgan fingerprint density at radius 2 is 1.73 bits per heavy atom. The number of aromatic nitrogens is 7. The molecule has 2 saturated heterocycles. The number of piperazine rings is 1. The largest absolute Gasteiger partial charge is 0.468 e. The van der Waals surface area contributed by atoms with Gasteiger partial charge in [-0.2, -0.15) is 5.10 Å². The third kappa shape index (κ3) is 7.34. The predicted octanol–water partition coefficient (Wildman–Crippen LogP) is 3.91. The number of anilines is 3. The number of para-hydroxylation sites is 1. The number of hydrogen-bond acceptors (Lipinski definition) is 15. The summed E-state index contributed by atoms with van der Waals surface area (Å²) in [5, 5.41) is 17.8. The fourth-order valence-corrected chi connectivity index (χ4v) is 7.01. The van der Waals surface area contributed by atoms with Gasteiger partial charge in [0.15, 0.2) is 29.7 Å². The third-order valence-electron chi connectivity index (χ3n) is 9.81. The molecule has 7 rings (SSSR count). The lowest BCUT2D eigenvalue weighted by Crippen LogP contribution is -2.46. The maximum absolute atomic E-state index is 12.3. The molecule has 2 N–H and O–H groups in total. The molecule has 16 nitrogen and oxygen atoms in total. The molecule has 1 unspecified atom stereocenters. The normalized spacial score (nSPS) is 16.5. The molecule has 4 aromatic heterocycles. The van der Waals surface area contributed by atoms with Gasteiger partial charge in [0, 0.05) is 82.5 Å². The van der Waals surface area contributed by atoms with E-state index >= 15 is 0 Å². The topological polar surface area (TPSA) is 176 Å². The minimum absolute atomic E-state index is 0.0376. The maximum Gasteiger partial charge on any atom is 0.316 e. The maximum atomic E-state index is 12.3. The van der Waals surface area contributed by atoms with Crippen molar-refractivity contribution >= 4 is 34.6 Å². The van der Waals surface area contributed by atoms with Crippen molar-refractivity contribution in [3.05, 3.63) is 60.1 Å². The number of methoxy groups -OCH3 is 2. The van der Waals surface area contributed by atoms with Crippen LogP contribution in [-0.2, 0) is 20.8 Å².